The van der Waals surface area contributed by atoms with E-state index in [2.05, 4.69) is 10.2 Å². The fraction of sp³-hybridized carbons (Fsp3) is 0.143. The van der Waals surface area contributed by atoms with Gasteiger partial charge in [0, 0.05) is 18.4 Å². The summed E-state index contributed by atoms with van der Waals surface area (Å²) in [6.07, 6.45) is 3.05. The molecular formula is C7H7N3O2. The smallest absolute Gasteiger partial charge is 0.292 e. The predicted molar refractivity (Wildman–Crippen MR) is 43.8 cm³/mol. The number of aromatic nitrogens is 1. The summed E-state index contributed by atoms with van der Waals surface area (Å²) in [6, 6.07) is 2.50. The van der Waals surface area contributed by atoms with Gasteiger partial charge in [0.15, 0.2) is 0 Å². The number of nitroso groups, excluding NO2 is 1. The third-order valence-electron chi connectivity index (χ3n) is 1.40. The van der Waals surface area contributed by atoms with Gasteiger partial charge in [-0.3, -0.25) is 9.88 Å². The van der Waals surface area contributed by atoms with Crippen molar-refractivity contribution < 1.29 is 4.79 Å². The molecule has 62 valence electrons. The van der Waals surface area contributed by atoms with E-state index in [1.807, 2.05) is 0 Å². The lowest BCUT2D eigenvalue weighted by Gasteiger charge is -2.10. The normalized spacial score (nSPS) is 9.08. The Morgan fingerprint density at radius 3 is 2.92 bits per heavy atom. The van der Waals surface area contributed by atoms with E-state index in [9.17, 15) is 9.70 Å². The van der Waals surface area contributed by atoms with E-state index in [-0.39, 0.29) is 0 Å². The van der Waals surface area contributed by atoms with Crippen LogP contribution in [0.15, 0.2) is 29.7 Å². The topological polar surface area (TPSA) is 62.6 Å². The number of anilines is 1. The van der Waals surface area contributed by atoms with Gasteiger partial charge >= 0.3 is 6.03 Å². The van der Waals surface area contributed by atoms with Gasteiger partial charge in [-0.15, -0.1) is 4.91 Å². The summed E-state index contributed by atoms with van der Waals surface area (Å²) < 4.78 is 0. The first kappa shape index (κ1) is 8.32. The lowest BCUT2D eigenvalue weighted by molar-refractivity contribution is 0.255. The van der Waals surface area contributed by atoms with Crippen molar-refractivity contribution in [2.24, 2.45) is 5.18 Å². The molecule has 1 aromatic rings. The molecule has 0 radical (unpaired) electrons. The van der Waals surface area contributed by atoms with E-state index in [1.165, 1.54) is 13.2 Å². The maximum atomic E-state index is 10.7. The van der Waals surface area contributed by atoms with Crippen LogP contribution >= 0.6 is 0 Å². The summed E-state index contributed by atoms with van der Waals surface area (Å²) in [6.45, 7) is 0. The first-order valence-corrected chi connectivity index (χ1v) is 3.27. The molecule has 0 aliphatic heterocycles. The predicted octanol–water partition coefficient (Wildman–Crippen LogP) is 1.40. The molecule has 0 saturated heterocycles. The van der Waals surface area contributed by atoms with Crippen LogP contribution in [0.25, 0.3) is 0 Å². The van der Waals surface area contributed by atoms with Gasteiger partial charge in [-0.2, -0.15) is 0 Å². The lowest BCUT2D eigenvalue weighted by Crippen LogP contribution is -2.22. The van der Waals surface area contributed by atoms with Crippen molar-refractivity contribution in [1.29, 1.82) is 0 Å². The van der Waals surface area contributed by atoms with Crippen molar-refractivity contribution >= 4 is 11.7 Å². The number of carbonyl (C=O) groups excluding carboxylic acids is 1. The highest BCUT2D eigenvalue weighted by Gasteiger charge is 2.09. The molecular weight excluding hydrogens is 158 g/mol. The van der Waals surface area contributed by atoms with Crippen molar-refractivity contribution in [1.82, 2.24) is 4.98 Å². The molecule has 0 aliphatic rings. The molecule has 1 aromatic heterocycles. The molecule has 1 heterocycles. The monoisotopic (exact) mass is 165 g/mol. The molecule has 0 N–H and O–H groups in total. The molecule has 0 saturated carbocycles. The number of pyridine rings is 1. The molecule has 12 heavy (non-hydrogen) atoms. The largest absolute Gasteiger partial charge is 0.385 e. The first-order chi connectivity index (χ1) is 5.75. The summed E-state index contributed by atoms with van der Waals surface area (Å²) in [5, 5.41) is 2.27. The molecule has 2 amide bonds. The zero-order valence-corrected chi connectivity index (χ0v) is 6.47. The van der Waals surface area contributed by atoms with E-state index in [0.29, 0.717) is 5.69 Å². The number of hydrogen-bond acceptors (Lipinski definition) is 3. The van der Waals surface area contributed by atoms with Crippen LogP contribution in [0.4, 0.5) is 10.5 Å². The minimum atomic E-state index is -0.831. The van der Waals surface area contributed by atoms with Crippen LogP contribution < -0.4 is 4.90 Å². The Kier molecular flexibility index (Phi) is 2.47. The van der Waals surface area contributed by atoms with Gasteiger partial charge in [0.1, 0.15) is 0 Å². The second-order valence-electron chi connectivity index (χ2n) is 2.14. The van der Waals surface area contributed by atoms with E-state index < -0.39 is 6.03 Å². The maximum absolute atomic E-state index is 10.7. The van der Waals surface area contributed by atoms with Crippen LogP contribution in [0.5, 0.6) is 0 Å². The molecule has 0 spiro atoms. The van der Waals surface area contributed by atoms with Crippen molar-refractivity contribution in [3.63, 3.8) is 0 Å². The number of urea groups is 1. The van der Waals surface area contributed by atoms with E-state index in [4.69, 9.17) is 0 Å². The number of carbonyl (C=O) groups is 1. The molecule has 0 aromatic carbocycles. The van der Waals surface area contributed by atoms with Gasteiger partial charge in [-0.1, -0.05) is 0 Å². The Balaban J connectivity index is 2.85. The molecule has 0 atom stereocenters. The van der Waals surface area contributed by atoms with Crippen molar-refractivity contribution in [2.75, 3.05) is 11.9 Å². The minimum absolute atomic E-state index is 0.544. The average molecular weight is 165 g/mol. The Morgan fingerprint density at radius 2 is 2.42 bits per heavy atom. The summed E-state index contributed by atoms with van der Waals surface area (Å²) in [5.74, 6) is 0. The Labute approximate surface area is 69.0 Å². The molecule has 0 bridgehead atoms. The molecule has 5 nitrogen and oxygen atoms in total. The number of rotatable bonds is 1. The van der Waals surface area contributed by atoms with Crippen molar-refractivity contribution in [3.05, 3.63) is 29.4 Å². The van der Waals surface area contributed by atoms with E-state index in [1.54, 1.807) is 18.3 Å². The second-order valence-corrected chi connectivity index (χ2v) is 2.14. The average Bonchev–Trinajstić information content (AvgIpc) is 2.17. The second kappa shape index (κ2) is 3.56. The Bertz CT molecular complexity index is 286. The zero-order chi connectivity index (χ0) is 8.97. The number of hydrogen-bond donors (Lipinski definition) is 0. The summed E-state index contributed by atoms with van der Waals surface area (Å²) in [4.78, 5) is 25.5. The Hall–Kier alpha value is -1.78. The highest BCUT2D eigenvalue weighted by molar-refractivity contribution is 5.91. The van der Waals surface area contributed by atoms with E-state index >= 15 is 0 Å². The van der Waals surface area contributed by atoms with Crippen LogP contribution in [0.2, 0.25) is 0 Å². The molecule has 1 rings (SSSR count). The highest BCUT2D eigenvalue weighted by Crippen LogP contribution is 2.09. The number of nitrogens with zero attached hydrogens (tertiary/aromatic N) is 3. The number of amides is 2. The third kappa shape index (κ3) is 1.63. The van der Waals surface area contributed by atoms with Gasteiger partial charge in [0.2, 0.25) is 0 Å². The minimum Gasteiger partial charge on any atom is -0.292 e. The van der Waals surface area contributed by atoms with Crippen LogP contribution in [-0.4, -0.2) is 18.1 Å². The molecule has 0 fully saturated rings. The summed E-state index contributed by atoms with van der Waals surface area (Å²) in [7, 11) is 1.46. The van der Waals surface area contributed by atoms with Crippen LogP contribution in [0, 0.1) is 4.91 Å². The summed E-state index contributed by atoms with van der Waals surface area (Å²) >= 11 is 0. The zero-order valence-electron chi connectivity index (χ0n) is 6.47. The van der Waals surface area contributed by atoms with Gasteiger partial charge in [0.05, 0.1) is 11.9 Å². The lowest BCUT2D eigenvalue weighted by atomic mass is 10.4. The summed E-state index contributed by atoms with van der Waals surface area (Å²) in [5.41, 5.74) is 0.544. The fourth-order valence-corrected chi connectivity index (χ4v) is 0.724. The van der Waals surface area contributed by atoms with E-state index in [0.717, 1.165) is 4.90 Å². The van der Waals surface area contributed by atoms with Crippen LogP contribution in [0.3, 0.4) is 0 Å². The van der Waals surface area contributed by atoms with Crippen molar-refractivity contribution in [3.8, 4) is 0 Å². The maximum Gasteiger partial charge on any atom is 0.385 e. The van der Waals surface area contributed by atoms with Gasteiger partial charge < -0.3 is 0 Å². The van der Waals surface area contributed by atoms with Crippen molar-refractivity contribution in [2.45, 2.75) is 0 Å². The van der Waals surface area contributed by atoms with Gasteiger partial charge in [0.25, 0.3) is 0 Å². The first-order valence-electron chi connectivity index (χ1n) is 3.27. The molecule has 5 heteroatoms. The van der Waals surface area contributed by atoms with Crippen LogP contribution in [-0.2, 0) is 0 Å². The molecule has 0 aliphatic carbocycles. The standard InChI is InChI=1S/C7H7N3O2/c1-10(7(11)9-12)6-3-2-4-8-5-6/h2-5H,1H3. The fourth-order valence-electron chi connectivity index (χ4n) is 0.724. The van der Waals surface area contributed by atoms with Crippen LogP contribution in [0.1, 0.15) is 0 Å². The molecule has 0 unspecified atom stereocenters. The van der Waals surface area contributed by atoms with Gasteiger partial charge in [-0.25, -0.2) is 4.79 Å². The Morgan fingerprint density at radius 1 is 1.67 bits per heavy atom. The highest BCUT2D eigenvalue weighted by atomic mass is 16.3. The van der Waals surface area contributed by atoms with Gasteiger partial charge in [-0.05, 0) is 12.1 Å². The quantitative estimate of drug-likeness (QED) is 0.591. The SMILES string of the molecule is CN(C(=O)N=O)c1cccnc1. The third-order valence-corrected chi connectivity index (χ3v) is 1.40.